The van der Waals surface area contributed by atoms with Crippen molar-refractivity contribution >= 4 is 17.3 Å². The molecule has 1 aromatic heterocycles. The fourth-order valence-corrected chi connectivity index (χ4v) is 1.45. The van der Waals surface area contributed by atoms with Gasteiger partial charge >= 0.3 is 5.97 Å². The molecule has 0 aliphatic carbocycles. The van der Waals surface area contributed by atoms with Crippen molar-refractivity contribution in [2.24, 2.45) is 0 Å². The highest BCUT2D eigenvalue weighted by Crippen LogP contribution is 2.07. The minimum absolute atomic E-state index is 0.512. The molecule has 0 aromatic carbocycles. The summed E-state index contributed by atoms with van der Waals surface area (Å²) in [6.45, 7) is 4.05. The Hall–Kier alpha value is -0.940. The van der Waals surface area contributed by atoms with Crippen LogP contribution in [0.25, 0.3) is 0 Å². The minimum Gasteiger partial charge on any atom is -0.480 e. The van der Waals surface area contributed by atoms with Crippen molar-refractivity contribution in [3.05, 3.63) is 16.1 Å². The third-order valence-corrected chi connectivity index (χ3v) is 2.45. The summed E-state index contributed by atoms with van der Waals surface area (Å²) in [6.07, 6.45) is 0. The molecule has 2 N–H and O–H groups in total. The van der Waals surface area contributed by atoms with Gasteiger partial charge in [0, 0.05) is 11.9 Å². The first-order valence-corrected chi connectivity index (χ1v) is 4.84. The first-order chi connectivity index (χ1) is 6.09. The molecule has 0 spiro atoms. The summed E-state index contributed by atoms with van der Waals surface area (Å²) in [5.74, 6) is -0.841. The van der Waals surface area contributed by atoms with Gasteiger partial charge in [0.25, 0.3) is 0 Å². The van der Waals surface area contributed by atoms with Gasteiger partial charge in [-0.3, -0.25) is 10.1 Å². The van der Waals surface area contributed by atoms with Crippen molar-refractivity contribution in [1.29, 1.82) is 0 Å². The van der Waals surface area contributed by atoms with E-state index in [4.69, 9.17) is 5.11 Å². The molecule has 13 heavy (non-hydrogen) atoms. The lowest BCUT2D eigenvalue weighted by atomic mass is 10.3. The maximum Gasteiger partial charge on any atom is 0.320 e. The number of rotatable bonds is 4. The topological polar surface area (TPSA) is 62.2 Å². The predicted molar refractivity (Wildman–Crippen MR) is 50.8 cm³/mol. The van der Waals surface area contributed by atoms with Gasteiger partial charge in [-0.2, -0.15) is 0 Å². The fraction of sp³-hybridized carbons (Fsp3) is 0.500. The van der Waals surface area contributed by atoms with Crippen LogP contribution in [0.1, 0.15) is 17.6 Å². The van der Waals surface area contributed by atoms with Crippen LogP contribution in [0.4, 0.5) is 0 Å². The lowest BCUT2D eigenvalue weighted by Gasteiger charge is -2.06. The first-order valence-electron chi connectivity index (χ1n) is 3.97. The molecule has 1 rings (SSSR count). The number of carboxylic acid groups (broad SMARTS) is 1. The molecule has 5 heteroatoms. The molecule has 0 saturated carbocycles. The Kier molecular flexibility index (Phi) is 3.39. The molecule has 72 valence electrons. The minimum atomic E-state index is -0.841. The molecule has 0 aliphatic rings. The number of thiazole rings is 1. The summed E-state index contributed by atoms with van der Waals surface area (Å²) in [5.41, 5.74) is 0.899. The van der Waals surface area contributed by atoms with Gasteiger partial charge in [0.2, 0.25) is 0 Å². The zero-order chi connectivity index (χ0) is 9.84. The van der Waals surface area contributed by atoms with Crippen molar-refractivity contribution in [2.75, 3.05) is 0 Å². The maximum atomic E-state index is 10.4. The van der Waals surface area contributed by atoms with Crippen molar-refractivity contribution in [3.8, 4) is 0 Å². The highest BCUT2D eigenvalue weighted by molar-refractivity contribution is 7.09. The molecule has 0 unspecified atom stereocenters. The van der Waals surface area contributed by atoms with E-state index in [1.807, 2.05) is 12.3 Å². The van der Waals surface area contributed by atoms with E-state index in [9.17, 15) is 4.79 Å². The number of carboxylic acids is 1. The highest BCUT2D eigenvalue weighted by atomic mass is 32.1. The second-order valence-electron chi connectivity index (χ2n) is 2.80. The van der Waals surface area contributed by atoms with E-state index in [1.54, 1.807) is 18.3 Å². The average molecular weight is 200 g/mol. The Morgan fingerprint density at radius 1 is 1.85 bits per heavy atom. The molecule has 0 fully saturated rings. The summed E-state index contributed by atoms with van der Waals surface area (Å²) < 4.78 is 0. The largest absolute Gasteiger partial charge is 0.480 e. The van der Waals surface area contributed by atoms with Gasteiger partial charge in [0.05, 0.1) is 10.7 Å². The van der Waals surface area contributed by atoms with Crippen LogP contribution in [-0.4, -0.2) is 22.1 Å². The van der Waals surface area contributed by atoms with Gasteiger partial charge in [0.1, 0.15) is 6.04 Å². The third-order valence-electron chi connectivity index (χ3n) is 1.63. The Labute approximate surface area is 80.6 Å². The predicted octanol–water partition coefficient (Wildman–Crippen LogP) is 1.01. The number of nitrogens with zero attached hydrogens (tertiary/aromatic N) is 1. The van der Waals surface area contributed by atoms with E-state index >= 15 is 0 Å². The summed E-state index contributed by atoms with van der Waals surface area (Å²) in [4.78, 5) is 14.7. The fourth-order valence-electron chi connectivity index (χ4n) is 0.834. The van der Waals surface area contributed by atoms with Gasteiger partial charge < -0.3 is 5.11 Å². The molecule has 0 amide bonds. The molecular formula is C8H12N2O2S. The number of carbonyl (C=O) groups is 1. The first kappa shape index (κ1) is 10.1. The average Bonchev–Trinajstić information content (AvgIpc) is 2.47. The van der Waals surface area contributed by atoms with Gasteiger partial charge in [-0.25, -0.2) is 4.98 Å². The van der Waals surface area contributed by atoms with Crippen LogP contribution in [-0.2, 0) is 11.3 Å². The summed E-state index contributed by atoms with van der Waals surface area (Å²) >= 11 is 1.57. The molecule has 0 bridgehead atoms. The van der Waals surface area contributed by atoms with E-state index in [2.05, 4.69) is 10.3 Å². The third kappa shape index (κ3) is 3.12. The molecule has 0 radical (unpaired) electrons. The van der Waals surface area contributed by atoms with Crippen molar-refractivity contribution in [1.82, 2.24) is 10.3 Å². The number of aryl methyl sites for hydroxylation is 1. The number of nitrogens with one attached hydrogen (secondary N) is 1. The zero-order valence-electron chi connectivity index (χ0n) is 7.57. The zero-order valence-corrected chi connectivity index (χ0v) is 8.39. The van der Waals surface area contributed by atoms with E-state index < -0.39 is 12.0 Å². The lowest BCUT2D eigenvalue weighted by molar-refractivity contribution is -0.139. The molecule has 1 aromatic rings. The summed E-state index contributed by atoms with van der Waals surface area (Å²) in [5, 5.41) is 14.4. The van der Waals surface area contributed by atoms with Crippen LogP contribution in [0.15, 0.2) is 5.38 Å². The van der Waals surface area contributed by atoms with Gasteiger partial charge in [0.15, 0.2) is 0 Å². The quantitative estimate of drug-likeness (QED) is 0.761. The van der Waals surface area contributed by atoms with Crippen LogP contribution in [0.2, 0.25) is 0 Å². The lowest BCUT2D eigenvalue weighted by Crippen LogP contribution is -2.33. The summed E-state index contributed by atoms with van der Waals surface area (Å²) in [7, 11) is 0. The van der Waals surface area contributed by atoms with E-state index in [0.717, 1.165) is 10.7 Å². The summed E-state index contributed by atoms with van der Waals surface area (Å²) in [6, 6.07) is -0.526. The highest BCUT2D eigenvalue weighted by Gasteiger charge is 2.09. The number of aliphatic carboxylic acids is 1. The Balaban J connectivity index is 2.39. The molecular weight excluding hydrogens is 188 g/mol. The second kappa shape index (κ2) is 4.34. The van der Waals surface area contributed by atoms with Gasteiger partial charge in [-0.15, -0.1) is 11.3 Å². The monoisotopic (exact) mass is 200 g/mol. The molecule has 1 heterocycles. The normalized spacial score (nSPS) is 12.8. The smallest absolute Gasteiger partial charge is 0.320 e. The van der Waals surface area contributed by atoms with Crippen molar-refractivity contribution in [2.45, 2.75) is 26.4 Å². The SMILES string of the molecule is Cc1nc(CN[C@H](C)C(=O)O)cs1. The van der Waals surface area contributed by atoms with Crippen molar-refractivity contribution in [3.63, 3.8) is 0 Å². The molecule has 0 saturated heterocycles. The standard InChI is InChI=1S/C8H12N2O2S/c1-5(8(11)12)9-3-7-4-13-6(2)10-7/h4-5,9H,3H2,1-2H3,(H,11,12)/t5-/m1/s1. The number of hydrogen-bond donors (Lipinski definition) is 2. The number of aromatic nitrogens is 1. The van der Waals surface area contributed by atoms with Gasteiger partial charge in [-0.1, -0.05) is 0 Å². The van der Waals surface area contributed by atoms with E-state index in [-0.39, 0.29) is 0 Å². The van der Waals surface area contributed by atoms with Crippen LogP contribution >= 0.6 is 11.3 Å². The Morgan fingerprint density at radius 3 is 3.00 bits per heavy atom. The Morgan fingerprint density at radius 2 is 2.54 bits per heavy atom. The number of hydrogen-bond acceptors (Lipinski definition) is 4. The van der Waals surface area contributed by atoms with Crippen LogP contribution in [0.5, 0.6) is 0 Å². The van der Waals surface area contributed by atoms with Crippen LogP contribution in [0.3, 0.4) is 0 Å². The van der Waals surface area contributed by atoms with E-state index in [0.29, 0.717) is 6.54 Å². The van der Waals surface area contributed by atoms with Crippen LogP contribution < -0.4 is 5.32 Å². The molecule has 0 aliphatic heterocycles. The van der Waals surface area contributed by atoms with E-state index in [1.165, 1.54) is 0 Å². The Bertz CT molecular complexity index is 298. The second-order valence-corrected chi connectivity index (χ2v) is 3.86. The molecule has 1 atom stereocenters. The van der Waals surface area contributed by atoms with Crippen LogP contribution in [0, 0.1) is 6.92 Å². The van der Waals surface area contributed by atoms with Gasteiger partial charge in [-0.05, 0) is 13.8 Å². The maximum absolute atomic E-state index is 10.4. The molecule has 4 nitrogen and oxygen atoms in total. The van der Waals surface area contributed by atoms with Crippen molar-refractivity contribution < 1.29 is 9.90 Å².